The molecule has 134 valence electrons. The zero-order chi connectivity index (χ0) is 18.2. The van der Waals surface area contributed by atoms with E-state index in [1.54, 1.807) is 0 Å². The van der Waals surface area contributed by atoms with E-state index in [1.807, 2.05) is 49.4 Å². The van der Waals surface area contributed by atoms with Gasteiger partial charge in [0.2, 0.25) is 11.0 Å². The second kappa shape index (κ2) is 9.35. The summed E-state index contributed by atoms with van der Waals surface area (Å²) in [6.07, 6.45) is 0.932. The largest absolute Gasteiger partial charge is 0.360 e. The third-order valence-electron chi connectivity index (χ3n) is 3.60. The lowest BCUT2D eigenvalue weighted by atomic mass is 10.2. The average molecular weight is 385 g/mol. The summed E-state index contributed by atoms with van der Waals surface area (Å²) >= 11 is 2.86. The van der Waals surface area contributed by atoms with Crippen LogP contribution in [0.1, 0.15) is 11.1 Å². The number of aryl methyl sites for hydroxylation is 1. The van der Waals surface area contributed by atoms with E-state index in [1.165, 1.54) is 34.2 Å². The van der Waals surface area contributed by atoms with Crippen molar-refractivity contribution in [1.82, 2.24) is 10.2 Å². The van der Waals surface area contributed by atoms with Crippen LogP contribution in [0.15, 0.2) is 58.9 Å². The maximum Gasteiger partial charge on any atom is 0.234 e. The second-order valence-electron chi connectivity index (χ2n) is 5.74. The highest BCUT2D eigenvalue weighted by molar-refractivity contribution is 8.01. The van der Waals surface area contributed by atoms with Gasteiger partial charge in [-0.05, 0) is 31.0 Å². The molecule has 0 unspecified atom stereocenters. The molecule has 0 saturated carbocycles. The number of anilines is 2. The number of thioether (sulfide) groups is 1. The first-order valence-electron chi connectivity index (χ1n) is 8.30. The molecule has 3 aromatic rings. The first-order chi connectivity index (χ1) is 12.7. The summed E-state index contributed by atoms with van der Waals surface area (Å²) in [5.74, 6) is 0.264. The number of hydrogen-bond donors (Lipinski definition) is 2. The van der Waals surface area contributed by atoms with Gasteiger partial charge in [0.25, 0.3) is 0 Å². The fourth-order valence-electron chi connectivity index (χ4n) is 2.26. The van der Waals surface area contributed by atoms with Crippen molar-refractivity contribution in [2.24, 2.45) is 0 Å². The minimum atomic E-state index is -0.0485. The highest BCUT2D eigenvalue weighted by Gasteiger charge is 2.08. The van der Waals surface area contributed by atoms with E-state index in [9.17, 15) is 4.79 Å². The van der Waals surface area contributed by atoms with E-state index in [-0.39, 0.29) is 5.91 Å². The van der Waals surface area contributed by atoms with Gasteiger partial charge in [-0.15, -0.1) is 10.2 Å². The lowest BCUT2D eigenvalue weighted by Crippen LogP contribution is -2.13. The molecule has 0 aliphatic heterocycles. The highest BCUT2D eigenvalue weighted by Crippen LogP contribution is 2.25. The molecule has 3 rings (SSSR count). The Morgan fingerprint density at radius 2 is 1.85 bits per heavy atom. The Labute approximate surface area is 161 Å². The zero-order valence-electron chi connectivity index (χ0n) is 14.4. The van der Waals surface area contributed by atoms with Crippen LogP contribution in [-0.4, -0.2) is 28.4 Å². The summed E-state index contributed by atoms with van der Waals surface area (Å²) < 4.78 is 0.784. The molecule has 2 N–H and O–H groups in total. The summed E-state index contributed by atoms with van der Waals surface area (Å²) in [6.45, 7) is 2.82. The number of aromatic nitrogens is 2. The van der Waals surface area contributed by atoms with Gasteiger partial charge in [0, 0.05) is 12.2 Å². The molecule has 0 saturated heterocycles. The lowest BCUT2D eigenvalue weighted by Gasteiger charge is -2.04. The number of nitrogens with one attached hydrogen (secondary N) is 2. The number of carbonyl (C=O) groups excluding carboxylic acids is 1. The molecular formula is C19H20N4OS2. The third kappa shape index (κ3) is 5.86. The van der Waals surface area contributed by atoms with Crippen LogP contribution in [0.4, 0.5) is 10.8 Å². The predicted molar refractivity (Wildman–Crippen MR) is 109 cm³/mol. The van der Waals surface area contributed by atoms with E-state index in [4.69, 9.17) is 0 Å². The van der Waals surface area contributed by atoms with Gasteiger partial charge in [0.05, 0.1) is 5.75 Å². The molecule has 1 aromatic heterocycles. The Morgan fingerprint density at radius 3 is 2.62 bits per heavy atom. The van der Waals surface area contributed by atoms with Crippen molar-refractivity contribution < 1.29 is 4.79 Å². The van der Waals surface area contributed by atoms with E-state index in [2.05, 4.69) is 33.0 Å². The Morgan fingerprint density at radius 1 is 1.08 bits per heavy atom. The molecule has 0 spiro atoms. The van der Waals surface area contributed by atoms with Crippen LogP contribution in [0.5, 0.6) is 0 Å². The fourth-order valence-corrected chi connectivity index (χ4v) is 3.84. The molecule has 0 atom stereocenters. The molecule has 1 amide bonds. The normalized spacial score (nSPS) is 10.5. The number of benzene rings is 2. The SMILES string of the molecule is Cc1ccc(NC(=O)CSc2nnc(NCCc3ccccc3)s2)cc1. The van der Waals surface area contributed by atoms with Gasteiger partial charge >= 0.3 is 0 Å². The lowest BCUT2D eigenvalue weighted by molar-refractivity contribution is -0.113. The minimum absolute atomic E-state index is 0.0485. The van der Waals surface area contributed by atoms with Crippen LogP contribution >= 0.6 is 23.1 Å². The monoisotopic (exact) mass is 384 g/mol. The summed E-state index contributed by atoms with van der Waals surface area (Å²) in [5.41, 5.74) is 3.26. The molecular weight excluding hydrogens is 364 g/mol. The Hall–Kier alpha value is -2.38. The summed E-state index contributed by atoms with van der Waals surface area (Å²) in [5, 5.41) is 15.2. The standard InChI is InChI=1S/C19H20N4OS2/c1-14-7-9-16(10-8-14)21-17(24)13-25-19-23-22-18(26-19)20-12-11-15-5-3-2-4-6-15/h2-10H,11-13H2,1H3,(H,20,22)(H,21,24). The topological polar surface area (TPSA) is 66.9 Å². The van der Waals surface area contributed by atoms with Gasteiger partial charge in [-0.1, -0.05) is 71.1 Å². The number of carbonyl (C=O) groups is 1. The molecule has 7 heteroatoms. The zero-order valence-corrected chi connectivity index (χ0v) is 16.1. The van der Waals surface area contributed by atoms with Crippen molar-refractivity contribution in [3.8, 4) is 0 Å². The van der Waals surface area contributed by atoms with Crippen LogP contribution in [-0.2, 0) is 11.2 Å². The molecule has 1 heterocycles. The van der Waals surface area contributed by atoms with Gasteiger partial charge in [0.15, 0.2) is 4.34 Å². The van der Waals surface area contributed by atoms with Gasteiger partial charge in [-0.3, -0.25) is 4.79 Å². The van der Waals surface area contributed by atoms with Crippen LogP contribution in [0.3, 0.4) is 0 Å². The maximum absolute atomic E-state index is 12.0. The van der Waals surface area contributed by atoms with Crippen molar-refractivity contribution in [3.05, 3.63) is 65.7 Å². The number of amides is 1. The van der Waals surface area contributed by atoms with Crippen molar-refractivity contribution in [2.75, 3.05) is 22.9 Å². The van der Waals surface area contributed by atoms with Gasteiger partial charge in [0.1, 0.15) is 0 Å². The van der Waals surface area contributed by atoms with E-state index in [0.29, 0.717) is 5.75 Å². The second-order valence-corrected chi connectivity index (χ2v) is 7.94. The summed E-state index contributed by atoms with van der Waals surface area (Å²) in [4.78, 5) is 12.0. The van der Waals surface area contributed by atoms with E-state index in [0.717, 1.165) is 28.1 Å². The van der Waals surface area contributed by atoms with Gasteiger partial charge < -0.3 is 10.6 Å². The quantitative estimate of drug-likeness (QED) is 0.569. The average Bonchev–Trinajstić information content (AvgIpc) is 3.11. The Kier molecular flexibility index (Phi) is 6.62. The smallest absolute Gasteiger partial charge is 0.234 e. The molecule has 0 aliphatic carbocycles. The molecule has 2 aromatic carbocycles. The molecule has 5 nitrogen and oxygen atoms in total. The summed E-state index contributed by atoms with van der Waals surface area (Å²) in [7, 11) is 0. The molecule has 0 aliphatic rings. The molecule has 0 fully saturated rings. The van der Waals surface area contributed by atoms with Crippen molar-refractivity contribution in [1.29, 1.82) is 0 Å². The number of nitrogens with zero attached hydrogens (tertiary/aromatic N) is 2. The molecule has 0 bridgehead atoms. The van der Waals surface area contributed by atoms with Crippen molar-refractivity contribution >= 4 is 39.8 Å². The maximum atomic E-state index is 12.0. The Balaban J connectivity index is 1.40. The van der Waals surface area contributed by atoms with Crippen LogP contribution in [0, 0.1) is 6.92 Å². The van der Waals surface area contributed by atoms with E-state index >= 15 is 0 Å². The minimum Gasteiger partial charge on any atom is -0.360 e. The van der Waals surface area contributed by atoms with Crippen LogP contribution in [0.2, 0.25) is 0 Å². The van der Waals surface area contributed by atoms with Gasteiger partial charge in [-0.2, -0.15) is 0 Å². The number of hydrogen-bond acceptors (Lipinski definition) is 6. The van der Waals surface area contributed by atoms with Gasteiger partial charge in [-0.25, -0.2) is 0 Å². The first kappa shape index (κ1) is 18.4. The highest BCUT2D eigenvalue weighted by atomic mass is 32.2. The van der Waals surface area contributed by atoms with E-state index < -0.39 is 0 Å². The van der Waals surface area contributed by atoms with Crippen LogP contribution in [0.25, 0.3) is 0 Å². The van der Waals surface area contributed by atoms with Crippen LogP contribution < -0.4 is 10.6 Å². The summed E-state index contributed by atoms with van der Waals surface area (Å²) in [6, 6.07) is 18.1. The Bertz CT molecular complexity index is 834. The molecule has 0 radical (unpaired) electrons. The molecule has 26 heavy (non-hydrogen) atoms. The number of rotatable bonds is 8. The fraction of sp³-hybridized carbons (Fsp3) is 0.211. The van der Waals surface area contributed by atoms with Crippen molar-refractivity contribution in [3.63, 3.8) is 0 Å². The third-order valence-corrected chi connectivity index (χ3v) is 5.62. The predicted octanol–water partition coefficient (Wildman–Crippen LogP) is 4.23. The first-order valence-corrected chi connectivity index (χ1v) is 10.1. The van der Waals surface area contributed by atoms with Crippen molar-refractivity contribution in [2.45, 2.75) is 17.7 Å².